The van der Waals surface area contributed by atoms with Gasteiger partial charge in [0.2, 0.25) is 11.8 Å². The SMILES string of the molecule is CCCCCCC(=O)NC(=S)Nc1ccc(NC(=O)C(C)C)cc1. The van der Waals surface area contributed by atoms with E-state index < -0.39 is 0 Å². The minimum Gasteiger partial charge on any atom is -0.332 e. The molecule has 0 fully saturated rings. The lowest BCUT2D eigenvalue weighted by atomic mass is 10.1. The van der Waals surface area contributed by atoms with Crippen LogP contribution in [0.4, 0.5) is 11.4 Å². The van der Waals surface area contributed by atoms with Gasteiger partial charge in [-0.25, -0.2) is 0 Å². The summed E-state index contributed by atoms with van der Waals surface area (Å²) in [4.78, 5) is 23.4. The van der Waals surface area contributed by atoms with Crippen molar-refractivity contribution in [3.05, 3.63) is 24.3 Å². The number of unbranched alkanes of at least 4 members (excludes halogenated alkanes) is 3. The van der Waals surface area contributed by atoms with Crippen LogP contribution < -0.4 is 16.0 Å². The van der Waals surface area contributed by atoms with E-state index in [1.54, 1.807) is 24.3 Å². The summed E-state index contributed by atoms with van der Waals surface area (Å²) in [5.74, 6) is -0.158. The number of thiocarbonyl (C=S) groups is 1. The smallest absolute Gasteiger partial charge is 0.226 e. The van der Waals surface area contributed by atoms with Crippen LogP contribution in [0.2, 0.25) is 0 Å². The second kappa shape index (κ2) is 10.8. The van der Waals surface area contributed by atoms with E-state index in [0.717, 1.165) is 37.1 Å². The molecule has 0 radical (unpaired) electrons. The Morgan fingerprint density at radius 1 is 1.00 bits per heavy atom. The Morgan fingerprint density at radius 3 is 2.12 bits per heavy atom. The van der Waals surface area contributed by atoms with Crippen molar-refractivity contribution in [1.29, 1.82) is 0 Å². The first-order valence-corrected chi connectivity index (χ1v) is 8.85. The second-order valence-corrected chi connectivity index (χ2v) is 6.44. The fourth-order valence-electron chi connectivity index (χ4n) is 1.99. The number of hydrogen-bond acceptors (Lipinski definition) is 3. The van der Waals surface area contributed by atoms with E-state index >= 15 is 0 Å². The van der Waals surface area contributed by atoms with Crippen LogP contribution in [0.3, 0.4) is 0 Å². The zero-order chi connectivity index (χ0) is 17.9. The fraction of sp³-hybridized carbons (Fsp3) is 0.500. The predicted octanol–water partition coefficient (Wildman–Crippen LogP) is 4.06. The van der Waals surface area contributed by atoms with Crippen LogP contribution in [0, 0.1) is 5.92 Å². The first kappa shape index (κ1) is 20.1. The Kier molecular flexibility index (Phi) is 9.01. The van der Waals surface area contributed by atoms with Crippen LogP contribution >= 0.6 is 12.2 Å². The van der Waals surface area contributed by atoms with Crippen molar-refractivity contribution in [2.24, 2.45) is 5.92 Å². The summed E-state index contributed by atoms with van der Waals surface area (Å²) in [6, 6.07) is 7.18. The highest BCUT2D eigenvalue weighted by molar-refractivity contribution is 7.80. The van der Waals surface area contributed by atoms with Gasteiger partial charge in [0.05, 0.1) is 0 Å². The van der Waals surface area contributed by atoms with Gasteiger partial charge in [0.15, 0.2) is 5.11 Å². The Hall–Kier alpha value is -1.95. The highest BCUT2D eigenvalue weighted by Gasteiger charge is 2.07. The number of benzene rings is 1. The summed E-state index contributed by atoms with van der Waals surface area (Å²) >= 11 is 5.14. The summed E-state index contributed by atoms with van der Waals surface area (Å²) in [5.41, 5.74) is 1.49. The van der Waals surface area contributed by atoms with Gasteiger partial charge in [0.1, 0.15) is 0 Å². The molecule has 0 aliphatic carbocycles. The Bertz CT molecular complexity index is 556. The molecule has 1 rings (SSSR count). The van der Waals surface area contributed by atoms with Crippen LogP contribution in [-0.2, 0) is 9.59 Å². The molecule has 0 bridgehead atoms. The molecule has 0 aliphatic rings. The number of amides is 2. The molecule has 0 aliphatic heterocycles. The van der Waals surface area contributed by atoms with E-state index in [-0.39, 0.29) is 22.8 Å². The molecule has 1 aromatic rings. The normalized spacial score (nSPS) is 10.3. The third-order valence-electron chi connectivity index (χ3n) is 3.45. The minimum absolute atomic E-state index is 0.0263. The van der Waals surface area contributed by atoms with Gasteiger partial charge in [-0.1, -0.05) is 40.0 Å². The first-order chi connectivity index (χ1) is 11.4. The summed E-state index contributed by atoms with van der Waals surface area (Å²) in [7, 11) is 0. The first-order valence-electron chi connectivity index (χ1n) is 8.44. The molecule has 0 unspecified atom stereocenters. The van der Waals surface area contributed by atoms with Gasteiger partial charge < -0.3 is 16.0 Å². The molecule has 3 N–H and O–H groups in total. The molecule has 0 spiro atoms. The van der Waals surface area contributed by atoms with Crippen molar-refractivity contribution in [1.82, 2.24) is 5.32 Å². The Morgan fingerprint density at radius 2 is 1.58 bits per heavy atom. The second-order valence-electron chi connectivity index (χ2n) is 6.03. The molecule has 24 heavy (non-hydrogen) atoms. The van der Waals surface area contributed by atoms with Crippen LogP contribution in [0.1, 0.15) is 52.9 Å². The average molecular weight is 350 g/mol. The third-order valence-corrected chi connectivity index (χ3v) is 3.65. The average Bonchev–Trinajstić information content (AvgIpc) is 2.53. The van der Waals surface area contributed by atoms with Crippen molar-refractivity contribution >= 4 is 40.5 Å². The van der Waals surface area contributed by atoms with Crippen molar-refractivity contribution < 1.29 is 9.59 Å². The summed E-state index contributed by atoms with van der Waals surface area (Å²) in [5, 5.41) is 8.75. The molecule has 0 aromatic heterocycles. The summed E-state index contributed by atoms with van der Waals surface area (Å²) < 4.78 is 0. The molecular weight excluding hydrogens is 322 g/mol. The van der Waals surface area contributed by atoms with Gasteiger partial charge in [-0.05, 0) is 42.9 Å². The number of hydrogen-bond donors (Lipinski definition) is 3. The quantitative estimate of drug-likeness (QED) is 0.489. The lowest BCUT2D eigenvalue weighted by Gasteiger charge is -2.11. The van der Waals surface area contributed by atoms with E-state index in [9.17, 15) is 9.59 Å². The van der Waals surface area contributed by atoms with Crippen LogP contribution in [-0.4, -0.2) is 16.9 Å². The number of rotatable bonds is 8. The van der Waals surface area contributed by atoms with Gasteiger partial charge in [-0.3, -0.25) is 9.59 Å². The highest BCUT2D eigenvalue weighted by Crippen LogP contribution is 2.14. The summed E-state index contributed by atoms with van der Waals surface area (Å²) in [6.07, 6.45) is 4.73. The van der Waals surface area contributed by atoms with E-state index in [1.165, 1.54) is 0 Å². The third kappa shape index (κ3) is 8.06. The maximum absolute atomic E-state index is 11.8. The number of carbonyl (C=O) groups is 2. The largest absolute Gasteiger partial charge is 0.332 e. The number of nitrogens with one attached hydrogen (secondary N) is 3. The zero-order valence-corrected chi connectivity index (χ0v) is 15.5. The van der Waals surface area contributed by atoms with Crippen molar-refractivity contribution in [2.45, 2.75) is 52.9 Å². The van der Waals surface area contributed by atoms with Crippen molar-refractivity contribution in [3.8, 4) is 0 Å². The number of carbonyl (C=O) groups excluding carboxylic acids is 2. The molecule has 2 amide bonds. The molecule has 0 atom stereocenters. The molecule has 0 saturated carbocycles. The van der Waals surface area contributed by atoms with E-state index in [0.29, 0.717) is 6.42 Å². The molecule has 1 aromatic carbocycles. The monoisotopic (exact) mass is 349 g/mol. The van der Waals surface area contributed by atoms with Crippen LogP contribution in [0.25, 0.3) is 0 Å². The summed E-state index contributed by atoms with van der Waals surface area (Å²) in [6.45, 7) is 5.82. The van der Waals surface area contributed by atoms with Crippen molar-refractivity contribution in [3.63, 3.8) is 0 Å². The lowest BCUT2D eigenvalue weighted by molar-refractivity contribution is -0.120. The standard InChI is InChI=1S/C18H27N3O2S/c1-4-5-6-7-8-16(22)21-18(24)20-15-11-9-14(10-12-15)19-17(23)13(2)3/h9-13H,4-8H2,1-3H3,(H,19,23)(H2,20,21,22,24). The lowest BCUT2D eigenvalue weighted by Crippen LogP contribution is -2.33. The Balaban J connectivity index is 2.39. The van der Waals surface area contributed by atoms with Gasteiger partial charge in [-0.2, -0.15) is 0 Å². The molecule has 132 valence electrons. The topological polar surface area (TPSA) is 70.2 Å². The molecule has 5 nitrogen and oxygen atoms in total. The minimum atomic E-state index is -0.0667. The highest BCUT2D eigenvalue weighted by atomic mass is 32.1. The number of anilines is 2. The van der Waals surface area contributed by atoms with Gasteiger partial charge in [-0.15, -0.1) is 0 Å². The maximum Gasteiger partial charge on any atom is 0.226 e. The van der Waals surface area contributed by atoms with E-state index in [1.807, 2.05) is 13.8 Å². The predicted molar refractivity (Wildman–Crippen MR) is 103 cm³/mol. The molecular formula is C18H27N3O2S. The molecule has 0 saturated heterocycles. The fourth-order valence-corrected chi connectivity index (χ4v) is 2.22. The maximum atomic E-state index is 11.8. The van der Waals surface area contributed by atoms with Crippen molar-refractivity contribution in [2.75, 3.05) is 10.6 Å². The van der Waals surface area contributed by atoms with Crippen LogP contribution in [0.5, 0.6) is 0 Å². The van der Waals surface area contributed by atoms with Gasteiger partial charge >= 0.3 is 0 Å². The van der Waals surface area contributed by atoms with E-state index in [4.69, 9.17) is 12.2 Å². The Labute approximate surface area is 149 Å². The molecule has 0 heterocycles. The van der Waals surface area contributed by atoms with E-state index in [2.05, 4.69) is 22.9 Å². The van der Waals surface area contributed by atoms with Crippen LogP contribution in [0.15, 0.2) is 24.3 Å². The zero-order valence-electron chi connectivity index (χ0n) is 14.6. The van der Waals surface area contributed by atoms with Gasteiger partial charge in [0, 0.05) is 23.7 Å². The molecule has 6 heteroatoms. The van der Waals surface area contributed by atoms with Gasteiger partial charge in [0.25, 0.3) is 0 Å².